The molecule has 0 bridgehead atoms. The summed E-state index contributed by atoms with van der Waals surface area (Å²) in [4.78, 5) is 15.9. The summed E-state index contributed by atoms with van der Waals surface area (Å²) >= 11 is 5.67. The van der Waals surface area contributed by atoms with Crippen LogP contribution in [0.3, 0.4) is 0 Å². The third-order valence-corrected chi connectivity index (χ3v) is 4.32. The second-order valence-corrected chi connectivity index (χ2v) is 6.73. The molecule has 0 radical (unpaired) electrons. The Morgan fingerprint density at radius 2 is 1.95 bits per heavy atom. The highest BCUT2D eigenvalue weighted by Crippen LogP contribution is 2.24. The van der Waals surface area contributed by atoms with Gasteiger partial charge in [-0.15, -0.1) is 0 Å². The van der Waals surface area contributed by atoms with Gasteiger partial charge in [-0.3, -0.25) is 4.79 Å². The quantitative estimate of drug-likeness (QED) is 0.837. The molecule has 3 N–H and O–H groups in total. The second-order valence-electron chi connectivity index (χ2n) is 4.78. The van der Waals surface area contributed by atoms with Crippen molar-refractivity contribution in [3.05, 3.63) is 52.3 Å². The number of carbonyl (C=O) groups excluding carboxylic acids is 1. The van der Waals surface area contributed by atoms with Crippen molar-refractivity contribution in [3.63, 3.8) is 0 Å². The number of nitrogens with one attached hydrogen (secondary N) is 1. The molecule has 116 valence electrons. The van der Waals surface area contributed by atoms with Crippen LogP contribution in [-0.4, -0.2) is 19.3 Å². The smallest absolute Gasteiger partial charge is 0.257 e. The lowest BCUT2D eigenvalue weighted by Crippen LogP contribution is -2.16. The predicted octanol–water partition coefficient (Wildman–Crippen LogP) is 2.25. The summed E-state index contributed by atoms with van der Waals surface area (Å²) in [6.07, 6.45) is 1.34. The van der Waals surface area contributed by atoms with Crippen LogP contribution in [0, 0.1) is 13.8 Å². The first-order valence-electron chi connectivity index (χ1n) is 6.25. The van der Waals surface area contributed by atoms with Gasteiger partial charge in [-0.1, -0.05) is 11.6 Å². The highest BCUT2D eigenvalue weighted by molar-refractivity contribution is 7.89. The summed E-state index contributed by atoms with van der Waals surface area (Å²) in [5.74, 6) is -0.418. The van der Waals surface area contributed by atoms with Crippen molar-refractivity contribution in [1.82, 2.24) is 4.98 Å². The van der Waals surface area contributed by atoms with Gasteiger partial charge in [0.05, 0.1) is 10.5 Å². The van der Waals surface area contributed by atoms with Crippen LogP contribution in [0.2, 0.25) is 5.15 Å². The van der Waals surface area contributed by atoms with Gasteiger partial charge in [-0.05, 0) is 49.2 Å². The zero-order chi connectivity index (χ0) is 16.5. The maximum Gasteiger partial charge on any atom is 0.257 e. The van der Waals surface area contributed by atoms with Gasteiger partial charge in [0, 0.05) is 11.9 Å². The molecule has 0 unspecified atom stereocenters. The Kier molecular flexibility index (Phi) is 4.50. The number of aromatic nitrogens is 1. The minimum atomic E-state index is -3.85. The molecule has 0 aliphatic heterocycles. The van der Waals surface area contributed by atoms with Gasteiger partial charge < -0.3 is 5.32 Å². The number of nitrogens with zero attached hydrogens (tertiary/aromatic N) is 1. The van der Waals surface area contributed by atoms with Crippen molar-refractivity contribution in [3.8, 4) is 0 Å². The van der Waals surface area contributed by atoms with Crippen molar-refractivity contribution in [2.24, 2.45) is 5.14 Å². The summed E-state index contributed by atoms with van der Waals surface area (Å²) < 4.78 is 23.0. The largest absolute Gasteiger partial charge is 0.322 e. The van der Waals surface area contributed by atoms with Crippen LogP contribution in [-0.2, 0) is 10.0 Å². The Labute approximate surface area is 133 Å². The number of hydrogen-bond donors (Lipinski definition) is 2. The van der Waals surface area contributed by atoms with Crippen LogP contribution in [0.25, 0.3) is 0 Å². The van der Waals surface area contributed by atoms with E-state index in [4.69, 9.17) is 16.7 Å². The Balaban J connectivity index is 2.38. The summed E-state index contributed by atoms with van der Waals surface area (Å²) in [5, 5.41) is 8.07. The number of sulfonamides is 1. The van der Waals surface area contributed by atoms with Crippen LogP contribution >= 0.6 is 11.6 Å². The van der Waals surface area contributed by atoms with E-state index in [1.807, 2.05) is 0 Å². The van der Waals surface area contributed by atoms with E-state index in [2.05, 4.69) is 10.3 Å². The zero-order valence-electron chi connectivity index (χ0n) is 11.9. The van der Waals surface area contributed by atoms with Gasteiger partial charge >= 0.3 is 0 Å². The molecular formula is C14H14ClN3O3S. The molecular weight excluding hydrogens is 326 g/mol. The Morgan fingerprint density at radius 3 is 2.50 bits per heavy atom. The number of amides is 1. The van der Waals surface area contributed by atoms with Crippen LogP contribution in [0.5, 0.6) is 0 Å². The third kappa shape index (κ3) is 3.62. The Bertz CT molecular complexity index is 833. The van der Waals surface area contributed by atoms with E-state index in [0.717, 1.165) is 5.56 Å². The Morgan fingerprint density at radius 1 is 1.27 bits per heavy atom. The van der Waals surface area contributed by atoms with Gasteiger partial charge in [-0.2, -0.15) is 0 Å². The molecule has 22 heavy (non-hydrogen) atoms. The van der Waals surface area contributed by atoms with E-state index < -0.39 is 15.9 Å². The molecule has 0 saturated carbocycles. The fourth-order valence-electron chi connectivity index (χ4n) is 1.82. The fraction of sp³-hybridized carbons (Fsp3) is 0.143. The fourth-order valence-corrected chi connectivity index (χ4v) is 2.56. The minimum absolute atomic E-state index is 0.0554. The highest BCUT2D eigenvalue weighted by atomic mass is 35.5. The van der Waals surface area contributed by atoms with Crippen molar-refractivity contribution < 1.29 is 13.2 Å². The lowest BCUT2D eigenvalue weighted by Gasteiger charge is -2.12. The second kappa shape index (κ2) is 6.04. The zero-order valence-corrected chi connectivity index (χ0v) is 13.5. The molecule has 1 aromatic carbocycles. The SMILES string of the molecule is Cc1cc(S(N)(=O)=O)cc(NC(=O)c2ccc(Cl)nc2)c1C. The molecule has 1 heterocycles. The lowest BCUT2D eigenvalue weighted by molar-refractivity contribution is 0.102. The van der Waals surface area contributed by atoms with E-state index in [1.165, 1.54) is 30.5 Å². The summed E-state index contributed by atoms with van der Waals surface area (Å²) in [6, 6.07) is 5.81. The monoisotopic (exact) mass is 339 g/mol. The number of aryl methyl sites for hydroxylation is 1. The first kappa shape index (κ1) is 16.4. The number of primary sulfonamides is 1. The molecule has 2 aromatic rings. The molecule has 0 fully saturated rings. The number of nitrogens with two attached hydrogens (primary N) is 1. The van der Waals surface area contributed by atoms with Crippen LogP contribution in [0.1, 0.15) is 21.5 Å². The number of benzene rings is 1. The minimum Gasteiger partial charge on any atom is -0.322 e. The molecule has 0 aliphatic carbocycles. The summed E-state index contributed by atoms with van der Waals surface area (Å²) in [6.45, 7) is 3.52. The number of carbonyl (C=O) groups is 1. The summed E-state index contributed by atoms with van der Waals surface area (Å²) in [5.41, 5.74) is 2.14. The number of hydrogen-bond acceptors (Lipinski definition) is 4. The van der Waals surface area contributed by atoms with Crippen molar-refractivity contribution >= 4 is 33.2 Å². The maximum atomic E-state index is 12.2. The normalized spacial score (nSPS) is 11.3. The van der Waals surface area contributed by atoms with E-state index in [0.29, 0.717) is 16.8 Å². The molecule has 8 heteroatoms. The Hall–Kier alpha value is -1.96. The number of halogens is 1. The molecule has 0 saturated heterocycles. The third-order valence-electron chi connectivity index (χ3n) is 3.21. The van der Waals surface area contributed by atoms with Crippen LogP contribution < -0.4 is 10.5 Å². The maximum absolute atomic E-state index is 12.2. The van der Waals surface area contributed by atoms with E-state index in [-0.39, 0.29) is 10.0 Å². The number of rotatable bonds is 3. The first-order chi connectivity index (χ1) is 10.2. The number of anilines is 1. The van der Waals surface area contributed by atoms with Gasteiger partial charge in [-0.25, -0.2) is 18.5 Å². The molecule has 0 aliphatic rings. The summed E-state index contributed by atoms with van der Waals surface area (Å²) in [7, 11) is -3.85. The predicted molar refractivity (Wildman–Crippen MR) is 84.5 cm³/mol. The molecule has 0 spiro atoms. The van der Waals surface area contributed by atoms with Crippen molar-refractivity contribution in [2.45, 2.75) is 18.7 Å². The first-order valence-corrected chi connectivity index (χ1v) is 8.18. The number of pyridine rings is 1. The van der Waals surface area contributed by atoms with Crippen molar-refractivity contribution in [2.75, 3.05) is 5.32 Å². The molecule has 1 amide bonds. The molecule has 2 rings (SSSR count). The highest BCUT2D eigenvalue weighted by Gasteiger charge is 2.15. The topological polar surface area (TPSA) is 102 Å². The van der Waals surface area contributed by atoms with Gasteiger partial charge in [0.15, 0.2) is 0 Å². The van der Waals surface area contributed by atoms with E-state index >= 15 is 0 Å². The van der Waals surface area contributed by atoms with E-state index in [1.54, 1.807) is 13.8 Å². The average Bonchev–Trinajstić information content (AvgIpc) is 2.43. The standard InChI is InChI=1S/C14H14ClN3O3S/c1-8-5-11(22(16,20)21)6-12(9(8)2)18-14(19)10-3-4-13(15)17-7-10/h3-7H,1-2H3,(H,18,19)(H2,16,20,21). The van der Waals surface area contributed by atoms with E-state index in [9.17, 15) is 13.2 Å². The van der Waals surface area contributed by atoms with Crippen molar-refractivity contribution in [1.29, 1.82) is 0 Å². The molecule has 1 aromatic heterocycles. The van der Waals surface area contributed by atoms with Gasteiger partial charge in [0.25, 0.3) is 5.91 Å². The molecule has 6 nitrogen and oxygen atoms in total. The molecule has 0 atom stereocenters. The van der Waals surface area contributed by atoms with Crippen LogP contribution in [0.15, 0.2) is 35.4 Å². The lowest BCUT2D eigenvalue weighted by atomic mass is 10.1. The van der Waals surface area contributed by atoms with Gasteiger partial charge in [0.1, 0.15) is 5.15 Å². The van der Waals surface area contributed by atoms with Gasteiger partial charge in [0.2, 0.25) is 10.0 Å². The average molecular weight is 340 g/mol. The van der Waals surface area contributed by atoms with Crippen LogP contribution in [0.4, 0.5) is 5.69 Å².